The SMILES string of the molecule is COCCNC(=O)Cn1cc2c(c1)C(N)CCCC2. The first kappa shape index (κ1) is 14.1. The lowest BCUT2D eigenvalue weighted by molar-refractivity contribution is -0.121. The van der Waals surface area contributed by atoms with E-state index in [0.29, 0.717) is 19.7 Å². The molecule has 0 fully saturated rings. The van der Waals surface area contributed by atoms with E-state index >= 15 is 0 Å². The molecule has 1 aromatic heterocycles. The Hall–Kier alpha value is -1.33. The Bertz CT molecular complexity index is 428. The number of hydrogen-bond donors (Lipinski definition) is 2. The molecular formula is C14H23N3O2. The van der Waals surface area contributed by atoms with Gasteiger partial charge in [0.05, 0.1) is 6.61 Å². The Morgan fingerprint density at radius 2 is 2.37 bits per heavy atom. The van der Waals surface area contributed by atoms with Gasteiger partial charge in [0.15, 0.2) is 0 Å². The van der Waals surface area contributed by atoms with Gasteiger partial charge in [0.2, 0.25) is 5.91 Å². The van der Waals surface area contributed by atoms with Crippen LogP contribution in [0.3, 0.4) is 0 Å². The van der Waals surface area contributed by atoms with Crippen LogP contribution in [0.15, 0.2) is 12.4 Å². The standard InChI is InChI=1S/C14H23N3O2/c1-19-7-6-16-14(18)10-17-8-11-4-2-3-5-13(15)12(11)9-17/h8-9,13H,2-7,10,15H2,1H3,(H,16,18). The summed E-state index contributed by atoms with van der Waals surface area (Å²) in [5.74, 6) is 0.00998. The van der Waals surface area contributed by atoms with Crippen molar-refractivity contribution in [1.82, 2.24) is 9.88 Å². The second kappa shape index (κ2) is 6.73. The van der Waals surface area contributed by atoms with Gasteiger partial charge in [-0.15, -0.1) is 0 Å². The first-order chi connectivity index (χ1) is 9.20. The summed E-state index contributed by atoms with van der Waals surface area (Å²) in [4.78, 5) is 11.7. The average molecular weight is 265 g/mol. The third-order valence-electron chi connectivity index (χ3n) is 3.56. The first-order valence-electron chi connectivity index (χ1n) is 6.90. The van der Waals surface area contributed by atoms with Crippen molar-refractivity contribution in [1.29, 1.82) is 0 Å². The minimum atomic E-state index is 0.00998. The third kappa shape index (κ3) is 3.81. The molecule has 0 aromatic carbocycles. The van der Waals surface area contributed by atoms with Crippen molar-refractivity contribution < 1.29 is 9.53 Å². The molecule has 0 spiro atoms. The van der Waals surface area contributed by atoms with Crippen LogP contribution in [0.4, 0.5) is 0 Å². The van der Waals surface area contributed by atoms with Gasteiger partial charge in [0.25, 0.3) is 0 Å². The summed E-state index contributed by atoms with van der Waals surface area (Å²) in [5.41, 5.74) is 8.67. The van der Waals surface area contributed by atoms with Crippen LogP contribution in [0.5, 0.6) is 0 Å². The predicted octanol–water partition coefficient (Wildman–Crippen LogP) is 0.977. The van der Waals surface area contributed by atoms with Gasteiger partial charge in [-0.3, -0.25) is 4.79 Å². The van der Waals surface area contributed by atoms with Crippen molar-refractivity contribution >= 4 is 5.91 Å². The number of nitrogens with two attached hydrogens (primary N) is 1. The quantitative estimate of drug-likeness (QED) is 0.616. The normalized spacial score (nSPS) is 18.7. The zero-order chi connectivity index (χ0) is 13.7. The smallest absolute Gasteiger partial charge is 0.239 e. The van der Waals surface area contributed by atoms with Crippen LogP contribution in [0.25, 0.3) is 0 Å². The van der Waals surface area contributed by atoms with Crippen molar-refractivity contribution in [2.75, 3.05) is 20.3 Å². The van der Waals surface area contributed by atoms with Crippen LogP contribution in [-0.2, 0) is 22.5 Å². The summed E-state index contributed by atoms with van der Waals surface area (Å²) in [7, 11) is 1.62. The molecular weight excluding hydrogens is 242 g/mol. The molecule has 19 heavy (non-hydrogen) atoms. The fraction of sp³-hybridized carbons (Fsp3) is 0.643. The summed E-state index contributed by atoms with van der Waals surface area (Å²) in [5, 5.41) is 2.82. The third-order valence-corrected chi connectivity index (χ3v) is 3.56. The van der Waals surface area contributed by atoms with E-state index in [1.165, 1.54) is 24.0 Å². The minimum Gasteiger partial charge on any atom is -0.383 e. The molecule has 0 saturated carbocycles. The van der Waals surface area contributed by atoms with E-state index in [0.717, 1.165) is 12.8 Å². The van der Waals surface area contributed by atoms with Gasteiger partial charge < -0.3 is 20.4 Å². The molecule has 0 bridgehead atoms. The lowest BCUT2D eigenvalue weighted by Crippen LogP contribution is -2.30. The number of carbonyl (C=O) groups is 1. The van der Waals surface area contributed by atoms with Crippen molar-refractivity contribution in [2.45, 2.75) is 38.3 Å². The summed E-state index contributed by atoms with van der Waals surface area (Å²) in [6, 6.07) is 0.121. The van der Waals surface area contributed by atoms with E-state index in [4.69, 9.17) is 10.5 Å². The highest BCUT2D eigenvalue weighted by molar-refractivity contribution is 5.75. The van der Waals surface area contributed by atoms with Gasteiger partial charge in [-0.2, -0.15) is 0 Å². The van der Waals surface area contributed by atoms with Crippen LogP contribution in [-0.4, -0.2) is 30.7 Å². The molecule has 1 heterocycles. The number of fused-ring (bicyclic) bond motifs is 1. The van der Waals surface area contributed by atoms with Gasteiger partial charge in [0.1, 0.15) is 6.54 Å². The van der Waals surface area contributed by atoms with Gasteiger partial charge >= 0.3 is 0 Å². The predicted molar refractivity (Wildman–Crippen MR) is 73.8 cm³/mol. The highest BCUT2D eigenvalue weighted by Crippen LogP contribution is 2.27. The molecule has 1 unspecified atom stereocenters. The van der Waals surface area contributed by atoms with E-state index in [2.05, 4.69) is 11.5 Å². The number of aryl methyl sites for hydroxylation is 1. The summed E-state index contributed by atoms with van der Waals surface area (Å²) >= 11 is 0. The molecule has 1 aliphatic carbocycles. The number of methoxy groups -OCH3 is 1. The van der Waals surface area contributed by atoms with Gasteiger partial charge in [-0.1, -0.05) is 6.42 Å². The first-order valence-corrected chi connectivity index (χ1v) is 6.90. The second-order valence-corrected chi connectivity index (χ2v) is 5.11. The lowest BCUT2D eigenvalue weighted by atomic mass is 10.1. The second-order valence-electron chi connectivity index (χ2n) is 5.11. The number of ether oxygens (including phenoxy) is 1. The molecule has 5 nitrogen and oxygen atoms in total. The maximum Gasteiger partial charge on any atom is 0.239 e. The fourth-order valence-electron chi connectivity index (χ4n) is 2.56. The van der Waals surface area contributed by atoms with Gasteiger partial charge in [-0.05, 0) is 30.4 Å². The van der Waals surface area contributed by atoms with Crippen molar-refractivity contribution in [3.63, 3.8) is 0 Å². The van der Waals surface area contributed by atoms with Crippen LogP contribution in [0.1, 0.15) is 36.4 Å². The Labute approximate surface area is 114 Å². The lowest BCUT2D eigenvalue weighted by Gasteiger charge is -2.08. The van der Waals surface area contributed by atoms with E-state index in [1.54, 1.807) is 7.11 Å². The van der Waals surface area contributed by atoms with Crippen molar-refractivity contribution in [2.24, 2.45) is 5.73 Å². The molecule has 1 aromatic rings. The topological polar surface area (TPSA) is 69.3 Å². The Kier molecular flexibility index (Phi) is 4.99. The molecule has 5 heteroatoms. The molecule has 1 aliphatic rings. The van der Waals surface area contributed by atoms with Crippen LogP contribution >= 0.6 is 0 Å². The zero-order valence-corrected chi connectivity index (χ0v) is 11.5. The fourth-order valence-corrected chi connectivity index (χ4v) is 2.56. The maximum absolute atomic E-state index is 11.7. The van der Waals surface area contributed by atoms with Gasteiger partial charge in [0, 0.05) is 32.1 Å². The number of rotatable bonds is 5. The number of hydrogen-bond acceptors (Lipinski definition) is 3. The Morgan fingerprint density at radius 3 is 3.16 bits per heavy atom. The highest BCUT2D eigenvalue weighted by atomic mass is 16.5. The Balaban J connectivity index is 1.95. The van der Waals surface area contributed by atoms with E-state index in [1.807, 2.05) is 10.8 Å². The maximum atomic E-state index is 11.7. The summed E-state index contributed by atoms with van der Waals surface area (Å²) in [6.07, 6.45) is 8.58. The monoisotopic (exact) mass is 265 g/mol. The number of carbonyl (C=O) groups excluding carboxylic acids is 1. The summed E-state index contributed by atoms with van der Waals surface area (Å²) < 4.78 is 6.84. The number of aromatic nitrogens is 1. The van der Waals surface area contributed by atoms with E-state index in [-0.39, 0.29) is 11.9 Å². The van der Waals surface area contributed by atoms with Crippen LogP contribution in [0.2, 0.25) is 0 Å². The molecule has 1 atom stereocenters. The molecule has 3 N–H and O–H groups in total. The number of nitrogens with zero attached hydrogens (tertiary/aromatic N) is 1. The van der Waals surface area contributed by atoms with E-state index in [9.17, 15) is 4.79 Å². The van der Waals surface area contributed by atoms with E-state index < -0.39 is 0 Å². The highest BCUT2D eigenvalue weighted by Gasteiger charge is 2.17. The van der Waals surface area contributed by atoms with Crippen molar-refractivity contribution in [3.05, 3.63) is 23.5 Å². The molecule has 0 radical (unpaired) electrons. The molecule has 2 rings (SSSR count). The average Bonchev–Trinajstić information content (AvgIpc) is 2.70. The van der Waals surface area contributed by atoms with Crippen LogP contribution in [0, 0.1) is 0 Å². The largest absolute Gasteiger partial charge is 0.383 e. The number of nitrogens with one attached hydrogen (secondary N) is 1. The number of amides is 1. The Morgan fingerprint density at radius 1 is 1.53 bits per heavy atom. The molecule has 0 aliphatic heterocycles. The van der Waals surface area contributed by atoms with Crippen LogP contribution < -0.4 is 11.1 Å². The van der Waals surface area contributed by atoms with Crippen molar-refractivity contribution in [3.8, 4) is 0 Å². The molecule has 1 amide bonds. The van der Waals surface area contributed by atoms with Gasteiger partial charge in [-0.25, -0.2) is 0 Å². The molecule has 106 valence electrons. The zero-order valence-electron chi connectivity index (χ0n) is 11.5. The molecule has 0 saturated heterocycles. The minimum absolute atomic E-state index is 0.00998. The summed E-state index contributed by atoms with van der Waals surface area (Å²) in [6.45, 7) is 1.44.